The van der Waals surface area contributed by atoms with Gasteiger partial charge in [0.05, 0.1) is 0 Å². The number of carbonyl (C=O) groups is 1. The summed E-state index contributed by atoms with van der Waals surface area (Å²) in [5.41, 5.74) is 0. The SMILES string of the molecule is CCCCCCCCCCC(C)C(=O)C(C)C. The molecule has 0 amide bonds. The van der Waals surface area contributed by atoms with Crippen molar-refractivity contribution in [3.63, 3.8) is 0 Å². The van der Waals surface area contributed by atoms with Crippen LogP contribution in [0.5, 0.6) is 0 Å². The fourth-order valence-corrected chi connectivity index (χ4v) is 2.30. The van der Waals surface area contributed by atoms with E-state index >= 15 is 0 Å². The van der Waals surface area contributed by atoms with Crippen molar-refractivity contribution in [1.82, 2.24) is 0 Å². The maximum atomic E-state index is 11.7. The average Bonchev–Trinajstić information content (AvgIpc) is 2.31. The van der Waals surface area contributed by atoms with Crippen LogP contribution in [-0.4, -0.2) is 5.78 Å². The fraction of sp³-hybridized carbons (Fsp3) is 0.938. The van der Waals surface area contributed by atoms with E-state index in [-0.39, 0.29) is 11.8 Å². The van der Waals surface area contributed by atoms with Gasteiger partial charge in [-0.05, 0) is 6.42 Å². The molecule has 1 nitrogen and oxygen atoms in total. The summed E-state index contributed by atoms with van der Waals surface area (Å²) in [6.45, 7) is 8.36. The summed E-state index contributed by atoms with van der Waals surface area (Å²) in [7, 11) is 0. The first kappa shape index (κ1) is 16.7. The number of carbonyl (C=O) groups excluding carboxylic acids is 1. The molecule has 0 bridgehead atoms. The summed E-state index contributed by atoms with van der Waals surface area (Å²) in [4.78, 5) is 11.7. The van der Waals surface area contributed by atoms with Gasteiger partial charge in [0.25, 0.3) is 0 Å². The Morgan fingerprint density at radius 1 is 0.824 bits per heavy atom. The minimum Gasteiger partial charge on any atom is -0.299 e. The second-order valence-corrected chi connectivity index (χ2v) is 5.72. The highest BCUT2D eigenvalue weighted by Crippen LogP contribution is 2.16. The van der Waals surface area contributed by atoms with Crippen molar-refractivity contribution in [2.45, 2.75) is 85.5 Å². The minimum atomic E-state index is 0.207. The molecule has 0 aromatic carbocycles. The Morgan fingerprint density at radius 2 is 1.29 bits per heavy atom. The number of Topliss-reactive ketones (excluding diaryl/α,β-unsaturated/α-hetero) is 1. The van der Waals surface area contributed by atoms with Crippen LogP contribution in [0.25, 0.3) is 0 Å². The third-order valence-electron chi connectivity index (χ3n) is 3.55. The monoisotopic (exact) mass is 240 g/mol. The second-order valence-electron chi connectivity index (χ2n) is 5.72. The summed E-state index contributed by atoms with van der Waals surface area (Å²) in [6, 6.07) is 0. The molecule has 1 heteroatoms. The first-order valence-corrected chi connectivity index (χ1v) is 7.63. The topological polar surface area (TPSA) is 17.1 Å². The Bertz CT molecular complexity index is 184. The standard InChI is InChI=1S/C16H32O/c1-5-6-7-8-9-10-11-12-13-15(4)16(17)14(2)3/h14-15H,5-13H2,1-4H3. The maximum absolute atomic E-state index is 11.7. The number of unbranched alkanes of at least 4 members (excludes halogenated alkanes) is 7. The van der Waals surface area contributed by atoms with Crippen LogP contribution >= 0.6 is 0 Å². The molecule has 0 aromatic rings. The number of rotatable bonds is 11. The summed E-state index contributed by atoms with van der Waals surface area (Å²) in [5, 5.41) is 0. The number of ketones is 1. The van der Waals surface area contributed by atoms with Crippen LogP contribution in [0.1, 0.15) is 85.5 Å². The highest BCUT2D eigenvalue weighted by Gasteiger charge is 2.15. The van der Waals surface area contributed by atoms with Crippen LogP contribution in [0.3, 0.4) is 0 Å². The molecular weight excluding hydrogens is 208 g/mol. The molecular formula is C16H32O. The van der Waals surface area contributed by atoms with Gasteiger partial charge in [0.1, 0.15) is 5.78 Å². The molecule has 17 heavy (non-hydrogen) atoms. The van der Waals surface area contributed by atoms with Crippen LogP contribution in [-0.2, 0) is 4.79 Å². The van der Waals surface area contributed by atoms with E-state index in [1.165, 1.54) is 51.4 Å². The molecule has 0 aliphatic heterocycles. The lowest BCUT2D eigenvalue weighted by molar-refractivity contribution is -0.125. The van der Waals surface area contributed by atoms with Gasteiger partial charge in [-0.2, -0.15) is 0 Å². The normalized spacial score (nSPS) is 13.0. The molecule has 0 heterocycles. The van der Waals surface area contributed by atoms with Gasteiger partial charge in [0, 0.05) is 11.8 Å². The summed E-state index contributed by atoms with van der Waals surface area (Å²) in [5.74, 6) is 0.919. The molecule has 1 unspecified atom stereocenters. The van der Waals surface area contributed by atoms with E-state index in [4.69, 9.17) is 0 Å². The van der Waals surface area contributed by atoms with E-state index in [2.05, 4.69) is 13.8 Å². The van der Waals surface area contributed by atoms with E-state index < -0.39 is 0 Å². The van der Waals surface area contributed by atoms with E-state index in [0.717, 1.165) is 6.42 Å². The molecule has 0 saturated heterocycles. The van der Waals surface area contributed by atoms with Gasteiger partial charge in [-0.25, -0.2) is 0 Å². The molecule has 0 radical (unpaired) electrons. The zero-order chi connectivity index (χ0) is 13.1. The van der Waals surface area contributed by atoms with Crippen molar-refractivity contribution < 1.29 is 4.79 Å². The van der Waals surface area contributed by atoms with Crippen molar-refractivity contribution >= 4 is 5.78 Å². The zero-order valence-electron chi connectivity index (χ0n) is 12.4. The van der Waals surface area contributed by atoms with Crippen molar-refractivity contribution in [3.05, 3.63) is 0 Å². The molecule has 102 valence electrons. The molecule has 0 rings (SSSR count). The molecule has 0 aliphatic rings. The van der Waals surface area contributed by atoms with Gasteiger partial charge in [-0.3, -0.25) is 4.79 Å². The van der Waals surface area contributed by atoms with Crippen LogP contribution in [0.4, 0.5) is 0 Å². The van der Waals surface area contributed by atoms with Crippen LogP contribution in [0.15, 0.2) is 0 Å². The number of hydrogen-bond acceptors (Lipinski definition) is 1. The summed E-state index contributed by atoms with van der Waals surface area (Å²) in [6.07, 6.45) is 11.9. The van der Waals surface area contributed by atoms with Gasteiger partial charge in [0.2, 0.25) is 0 Å². The van der Waals surface area contributed by atoms with Gasteiger partial charge in [0.15, 0.2) is 0 Å². The van der Waals surface area contributed by atoms with E-state index in [1.54, 1.807) is 0 Å². The van der Waals surface area contributed by atoms with Crippen molar-refractivity contribution in [2.75, 3.05) is 0 Å². The lowest BCUT2D eigenvalue weighted by Gasteiger charge is -2.12. The lowest BCUT2D eigenvalue weighted by atomic mass is 9.92. The minimum absolute atomic E-state index is 0.207. The first-order chi connectivity index (χ1) is 8.09. The highest BCUT2D eigenvalue weighted by atomic mass is 16.1. The van der Waals surface area contributed by atoms with Crippen LogP contribution in [0, 0.1) is 11.8 Å². The molecule has 0 aliphatic carbocycles. The first-order valence-electron chi connectivity index (χ1n) is 7.63. The Balaban J connectivity index is 3.30. The van der Waals surface area contributed by atoms with Crippen LogP contribution < -0.4 is 0 Å². The van der Waals surface area contributed by atoms with E-state index in [1.807, 2.05) is 13.8 Å². The summed E-state index contributed by atoms with van der Waals surface area (Å²) < 4.78 is 0. The molecule has 0 aromatic heterocycles. The van der Waals surface area contributed by atoms with Gasteiger partial charge in [-0.15, -0.1) is 0 Å². The number of hydrogen-bond donors (Lipinski definition) is 0. The van der Waals surface area contributed by atoms with Crippen molar-refractivity contribution in [3.8, 4) is 0 Å². The van der Waals surface area contributed by atoms with Crippen molar-refractivity contribution in [1.29, 1.82) is 0 Å². The van der Waals surface area contributed by atoms with Gasteiger partial charge >= 0.3 is 0 Å². The lowest BCUT2D eigenvalue weighted by Crippen LogP contribution is -2.16. The molecule has 1 atom stereocenters. The van der Waals surface area contributed by atoms with Gasteiger partial charge < -0.3 is 0 Å². The van der Waals surface area contributed by atoms with E-state index in [9.17, 15) is 4.79 Å². The average molecular weight is 240 g/mol. The van der Waals surface area contributed by atoms with Crippen molar-refractivity contribution in [2.24, 2.45) is 11.8 Å². The second kappa shape index (κ2) is 10.8. The largest absolute Gasteiger partial charge is 0.299 e. The molecule has 0 saturated carbocycles. The maximum Gasteiger partial charge on any atom is 0.138 e. The molecule has 0 N–H and O–H groups in total. The smallest absolute Gasteiger partial charge is 0.138 e. The quantitative estimate of drug-likeness (QED) is 0.443. The Hall–Kier alpha value is -0.330. The van der Waals surface area contributed by atoms with Crippen LogP contribution in [0.2, 0.25) is 0 Å². The molecule has 0 spiro atoms. The third kappa shape index (κ3) is 9.38. The predicted molar refractivity (Wildman–Crippen MR) is 76.2 cm³/mol. The fourth-order valence-electron chi connectivity index (χ4n) is 2.30. The Morgan fingerprint density at radius 3 is 1.76 bits per heavy atom. The third-order valence-corrected chi connectivity index (χ3v) is 3.55. The zero-order valence-corrected chi connectivity index (χ0v) is 12.4. The highest BCUT2D eigenvalue weighted by molar-refractivity contribution is 5.82. The summed E-state index contributed by atoms with van der Waals surface area (Å²) >= 11 is 0. The van der Waals surface area contributed by atoms with Gasteiger partial charge in [-0.1, -0.05) is 79.1 Å². The Labute approximate surface area is 108 Å². The Kier molecular flexibility index (Phi) is 10.6. The predicted octanol–water partition coefficient (Wildman–Crippen LogP) is 5.38. The molecule has 0 fully saturated rings. The van der Waals surface area contributed by atoms with E-state index in [0.29, 0.717) is 5.78 Å².